The highest BCUT2D eigenvalue weighted by molar-refractivity contribution is 6.94. The molecule has 0 N–H and O–H groups in total. The van der Waals surface area contributed by atoms with Gasteiger partial charge in [-0.15, -0.1) is 0 Å². The van der Waals surface area contributed by atoms with Gasteiger partial charge in [-0.05, 0) is 77.7 Å². The molecular weight excluding hydrogens is 437 g/mol. The van der Waals surface area contributed by atoms with E-state index in [2.05, 4.69) is 82.3 Å². The molecule has 1 aliphatic heterocycles. The lowest BCUT2D eigenvalue weighted by Crippen LogP contribution is -2.64. The normalized spacial score (nSPS) is 30.7. The van der Waals surface area contributed by atoms with Crippen molar-refractivity contribution in [2.45, 2.75) is 77.7 Å². The summed E-state index contributed by atoms with van der Waals surface area (Å²) in [6.45, 7) is 22.7. The van der Waals surface area contributed by atoms with Gasteiger partial charge in [0.05, 0.1) is 0 Å². The van der Waals surface area contributed by atoms with Gasteiger partial charge < -0.3 is 24.7 Å². The van der Waals surface area contributed by atoms with E-state index >= 15 is 0 Å². The summed E-state index contributed by atoms with van der Waals surface area (Å²) in [5.41, 5.74) is 0.665. The summed E-state index contributed by atoms with van der Waals surface area (Å²) in [6, 6.07) is 0. The van der Waals surface area contributed by atoms with E-state index in [9.17, 15) is 0 Å². The summed E-state index contributed by atoms with van der Waals surface area (Å²) in [4.78, 5) is 0. The van der Waals surface area contributed by atoms with Crippen LogP contribution in [0.1, 0.15) is 0 Å². The van der Waals surface area contributed by atoms with Gasteiger partial charge in [-0.2, -0.15) is 0 Å². The van der Waals surface area contributed by atoms with E-state index in [0.717, 1.165) is 0 Å². The molecule has 6 nitrogen and oxygen atoms in total. The molecule has 0 aromatic heterocycles. The van der Waals surface area contributed by atoms with Crippen molar-refractivity contribution >= 4 is 61.6 Å². The summed E-state index contributed by atoms with van der Waals surface area (Å²) in [6.07, 6.45) is 0. The molecule has 1 rings (SSSR count). The Morgan fingerprint density at radius 1 is 0.440 bits per heavy atom. The molecule has 0 atom stereocenters. The molecule has 1 saturated heterocycles. The van der Waals surface area contributed by atoms with Crippen LogP contribution in [-0.2, 0) is 24.7 Å². The lowest BCUT2D eigenvalue weighted by atomic mass is 11.8. The summed E-state index contributed by atoms with van der Waals surface area (Å²) in [5.74, 6) is 0. The van der Waals surface area contributed by atoms with Crippen molar-refractivity contribution in [2.24, 2.45) is 0 Å². The SMILES string of the molecule is C[Si]1(C)O[Si](C)(C)O[Si](C)(C)O[Si](C)(C[Si])O[Si](C)(C)O[Si](C)(C)O1. The Balaban J connectivity index is 3.30. The van der Waals surface area contributed by atoms with E-state index in [0.29, 0.717) is 5.67 Å². The minimum absolute atomic E-state index is 0.665. The molecule has 0 aromatic rings. The molecule has 0 aliphatic carbocycles. The second-order valence-electron chi connectivity index (χ2n) is 8.92. The van der Waals surface area contributed by atoms with Crippen LogP contribution < -0.4 is 0 Å². The Kier molecular flexibility index (Phi) is 7.39. The predicted octanol–water partition coefficient (Wildman–Crippen LogP) is 3.81. The Labute approximate surface area is 163 Å². The molecule has 147 valence electrons. The number of hydrogen-bond donors (Lipinski definition) is 0. The van der Waals surface area contributed by atoms with Gasteiger partial charge in [-0.1, -0.05) is 0 Å². The van der Waals surface area contributed by atoms with Gasteiger partial charge >= 0.3 is 51.4 Å². The quantitative estimate of drug-likeness (QED) is 0.542. The molecule has 0 amide bonds. The van der Waals surface area contributed by atoms with E-state index in [-0.39, 0.29) is 0 Å². The second-order valence-corrected chi connectivity index (χ2v) is 31.5. The van der Waals surface area contributed by atoms with Crippen molar-refractivity contribution in [3.63, 3.8) is 0 Å². The second kappa shape index (κ2) is 7.60. The first-order valence-corrected chi connectivity index (χ1v) is 26.0. The van der Waals surface area contributed by atoms with Crippen LogP contribution in [0.2, 0.25) is 77.7 Å². The number of hydrogen-bond acceptors (Lipinski definition) is 6. The van der Waals surface area contributed by atoms with Gasteiger partial charge in [0, 0.05) is 10.2 Å². The number of rotatable bonds is 1. The molecule has 0 unspecified atom stereocenters. The van der Waals surface area contributed by atoms with E-state index < -0.39 is 51.4 Å². The summed E-state index contributed by atoms with van der Waals surface area (Å²) < 4.78 is 39.0. The minimum Gasteiger partial charge on any atom is -0.416 e. The smallest absolute Gasteiger partial charge is 0.314 e. The lowest BCUT2D eigenvalue weighted by Gasteiger charge is -2.46. The Bertz CT molecular complexity index is 447. The van der Waals surface area contributed by atoms with Gasteiger partial charge in [0.25, 0.3) is 0 Å². The first-order valence-electron chi connectivity index (χ1n) is 8.66. The first kappa shape index (κ1) is 24.3. The van der Waals surface area contributed by atoms with Crippen molar-refractivity contribution < 1.29 is 24.7 Å². The molecule has 13 heteroatoms. The van der Waals surface area contributed by atoms with Crippen LogP contribution in [0.5, 0.6) is 0 Å². The van der Waals surface area contributed by atoms with Crippen LogP contribution in [0.3, 0.4) is 0 Å². The fourth-order valence-corrected chi connectivity index (χ4v) is 36.0. The monoisotopic (exact) mass is 471 g/mol. The molecule has 1 aliphatic rings. The Hall–Kier alpha value is 1.28. The molecule has 25 heavy (non-hydrogen) atoms. The van der Waals surface area contributed by atoms with Crippen molar-refractivity contribution in [2.75, 3.05) is 0 Å². The van der Waals surface area contributed by atoms with Gasteiger partial charge in [0.15, 0.2) is 0 Å². The third-order valence-corrected chi connectivity index (χ3v) is 28.9. The van der Waals surface area contributed by atoms with Gasteiger partial charge in [0.2, 0.25) is 0 Å². The maximum Gasteiger partial charge on any atom is 0.314 e. The molecule has 3 radical (unpaired) electrons. The highest BCUT2D eigenvalue weighted by Crippen LogP contribution is 2.31. The van der Waals surface area contributed by atoms with Crippen LogP contribution in [0.15, 0.2) is 0 Å². The molecule has 0 aromatic carbocycles. The summed E-state index contributed by atoms with van der Waals surface area (Å²) >= 11 is 0. The maximum atomic E-state index is 6.54. The van der Waals surface area contributed by atoms with Crippen molar-refractivity contribution in [3.8, 4) is 0 Å². The zero-order valence-corrected chi connectivity index (χ0v) is 24.7. The third-order valence-electron chi connectivity index (χ3n) is 3.21. The predicted molar refractivity (Wildman–Crippen MR) is 116 cm³/mol. The highest BCUT2D eigenvalue weighted by atomic mass is 28.5. The third kappa shape index (κ3) is 8.44. The standard InChI is InChI=1S/C12H35O6Si7/c1-20(2)13-21(3,4)15-23(7,8)17-25(11,12-19)18-24(9,10)16-22(5,6)14-20/h12H2,1-11H3. The van der Waals surface area contributed by atoms with E-state index in [4.69, 9.17) is 24.7 Å². The van der Waals surface area contributed by atoms with Gasteiger partial charge in [0.1, 0.15) is 0 Å². The molecule has 0 saturated carbocycles. The largest absolute Gasteiger partial charge is 0.416 e. The van der Waals surface area contributed by atoms with Crippen molar-refractivity contribution in [3.05, 3.63) is 0 Å². The van der Waals surface area contributed by atoms with Crippen LogP contribution >= 0.6 is 0 Å². The van der Waals surface area contributed by atoms with Gasteiger partial charge in [-0.25, -0.2) is 0 Å². The van der Waals surface area contributed by atoms with Crippen molar-refractivity contribution in [1.82, 2.24) is 0 Å². The summed E-state index contributed by atoms with van der Waals surface area (Å²) in [5, 5.41) is 0. The topological polar surface area (TPSA) is 55.4 Å². The highest BCUT2D eigenvalue weighted by Gasteiger charge is 2.51. The van der Waals surface area contributed by atoms with E-state index in [1.54, 1.807) is 0 Å². The van der Waals surface area contributed by atoms with Crippen LogP contribution in [-0.4, -0.2) is 61.6 Å². The molecule has 1 fully saturated rings. The van der Waals surface area contributed by atoms with E-state index in [1.165, 1.54) is 0 Å². The van der Waals surface area contributed by atoms with E-state index in [1.807, 2.05) is 0 Å². The summed E-state index contributed by atoms with van der Waals surface area (Å²) in [7, 11) is -10.9. The fraction of sp³-hybridized carbons (Fsp3) is 1.00. The van der Waals surface area contributed by atoms with Crippen molar-refractivity contribution in [1.29, 1.82) is 0 Å². The Morgan fingerprint density at radius 3 is 0.840 bits per heavy atom. The molecular formula is C12H35O6Si7. The van der Waals surface area contributed by atoms with Gasteiger partial charge in [-0.3, -0.25) is 0 Å². The first-order chi connectivity index (χ1) is 10.8. The zero-order chi connectivity index (χ0) is 19.9. The zero-order valence-electron chi connectivity index (χ0n) is 17.7. The maximum absolute atomic E-state index is 6.54. The fourth-order valence-electron chi connectivity index (χ4n) is 3.60. The molecule has 0 spiro atoms. The van der Waals surface area contributed by atoms with Crippen LogP contribution in [0, 0.1) is 0 Å². The van der Waals surface area contributed by atoms with Crippen LogP contribution in [0.4, 0.5) is 0 Å². The Morgan fingerprint density at radius 2 is 0.640 bits per heavy atom. The lowest BCUT2D eigenvalue weighted by molar-refractivity contribution is 0.239. The van der Waals surface area contributed by atoms with Crippen LogP contribution in [0.25, 0.3) is 0 Å². The average molecular weight is 472 g/mol. The molecule has 0 bridgehead atoms. The molecule has 1 heterocycles. The average Bonchev–Trinajstić information content (AvgIpc) is 2.17. The minimum atomic E-state index is -2.49.